The van der Waals surface area contributed by atoms with E-state index in [1.807, 2.05) is 0 Å². The van der Waals surface area contributed by atoms with Crippen LogP contribution < -0.4 is 0 Å². The number of fused-ring (bicyclic) bond motifs is 5. The molecule has 0 saturated heterocycles. The highest BCUT2D eigenvalue weighted by atomic mass is 16.0. The molecule has 92 valence electrons. The lowest BCUT2D eigenvalue weighted by Gasteiger charge is -2.07. The molecule has 0 spiro atoms. The zero-order valence-electron chi connectivity index (χ0n) is 10.4. The molecular weight excluding hydrogens is 232 g/mol. The molecule has 19 heavy (non-hydrogen) atoms. The molecule has 0 aliphatic rings. The number of hydrogen-bond acceptors (Lipinski definition) is 0. The molecular formula is C18H14O. The fraction of sp³-hybridized carbons (Fsp3) is 0. The first-order valence-electron chi connectivity index (χ1n) is 6.23. The smallest absolute Gasteiger partial charge is 0.00990 e. The fourth-order valence-corrected chi connectivity index (χ4v) is 2.77. The van der Waals surface area contributed by atoms with Crippen LogP contribution in [0.25, 0.3) is 32.3 Å². The maximum absolute atomic E-state index is 2.24. The molecule has 0 atom stereocenters. The van der Waals surface area contributed by atoms with Crippen molar-refractivity contribution in [2.45, 2.75) is 0 Å². The van der Waals surface area contributed by atoms with Gasteiger partial charge in [-0.1, -0.05) is 72.8 Å². The normalized spacial score (nSPS) is 10.7. The Morgan fingerprint density at radius 1 is 0.368 bits per heavy atom. The topological polar surface area (TPSA) is 31.5 Å². The van der Waals surface area contributed by atoms with Gasteiger partial charge in [-0.05, 0) is 32.3 Å². The predicted octanol–water partition coefficient (Wildman–Crippen LogP) is 4.32. The summed E-state index contributed by atoms with van der Waals surface area (Å²) in [6.07, 6.45) is 0. The molecule has 0 amide bonds. The van der Waals surface area contributed by atoms with Gasteiger partial charge in [0.25, 0.3) is 0 Å². The van der Waals surface area contributed by atoms with E-state index >= 15 is 0 Å². The Morgan fingerprint density at radius 3 is 1.26 bits per heavy atom. The van der Waals surface area contributed by atoms with Crippen LogP contribution >= 0.6 is 0 Å². The lowest BCUT2D eigenvalue weighted by atomic mass is 9.97. The van der Waals surface area contributed by atoms with Crippen LogP contribution in [-0.2, 0) is 0 Å². The van der Waals surface area contributed by atoms with Gasteiger partial charge in [-0.2, -0.15) is 0 Å². The number of benzene rings is 4. The van der Waals surface area contributed by atoms with Crippen molar-refractivity contribution in [3.63, 3.8) is 0 Å². The van der Waals surface area contributed by atoms with Gasteiger partial charge in [-0.25, -0.2) is 0 Å². The van der Waals surface area contributed by atoms with Gasteiger partial charge in [0.1, 0.15) is 0 Å². The molecule has 1 heteroatoms. The van der Waals surface area contributed by atoms with Gasteiger partial charge in [-0.15, -0.1) is 0 Å². The Morgan fingerprint density at radius 2 is 0.789 bits per heavy atom. The number of hydrogen-bond donors (Lipinski definition) is 0. The summed E-state index contributed by atoms with van der Waals surface area (Å²) in [5.74, 6) is 0. The van der Waals surface area contributed by atoms with Crippen LogP contribution in [0.4, 0.5) is 0 Å². The van der Waals surface area contributed by atoms with Crippen molar-refractivity contribution in [1.29, 1.82) is 0 Å². The summed E-state index contributed by atoms with van der Waals surface area (Å²) in [5, 5.41) is 7.96. The maximum atomic E-state index is 2.24. The lowest BCUT2D eigenvalue weighted by Crippen LogP contribution is -1.79. The van der Waals surface area contributed by atoms with E-state index in [1.165, 1.54) is 32.3 Å². The third-order valence-corrected chi connectivity index (χ3v) is 3.65. The van der Waals surface area contributed by atoms with E-state index < -0.39 is 0 Å². The monoisotopic (exact) mass is 246 g/mol. The maximum Gasteiger partial charge on any atom is -0.00990 e. The van der Waals surface area contributed by atoms with Gasteiger partial charge in [0.2, 0.25) is 0 Å². The lowest BCUT2D eigenvalue weighted by molar-refractivity contribution is 0.824. The molecule has 0 bridgehead atoms. The molecule has 0 radical (unpaired) electrons. The van der Waals surface area contributed by atoms with E-state index in [9.17, 15) is 0 Å². The van der Waals surface area contributed by atoms with Crippen LogP contribution in [-0.4, -0.2) is 5.48 Å². The van der Waals surface area contributed by atoms with Crippen molar-refractivity contribution in [2.75, 3.05) is 0 Å². The van der Waals surface area contributed by atoms with E-state index in [1.54, 1.807) is 0 Å². The molecule has 0 heterocycles. The van der Waals surface area contributed by atoms with Crippen molar-refractivity contribution in [3.8, 4) is 0 Å². The summed E-state index contributed by atoms with van der Waals surface area (Å²) in [7, 11) is 0. The zero-order chi connectivity index (χ0) is 11.9. The summed E-state index contributed by atoms with van der Waals surface area (Å²) < 4.78 is 0. The second-order valence-electron chi connectivity index (χ2n) is 4.67. The molecule has 0 aliphatic carbocycles. The van der Waals surface area contributed by atoms with E-state index in [-0.39, 0.29) is 5.48 Å². The molecule has 0 aromatic heterocycles. The molecule has 0 aliphatic heterocycles. The van der Waals surface area contributed by atoms with Crippen molar-refractivity contribution in [2.24, 2.45) is 0 Å². The van der Waals surface area contributed by atoms with Crippen LogP contribution in [0.1, 0.15) is 0 Å². The minimum atomic E-state index is 0. The Labute approximate surface area is 111 Å². The first kappa shape index (κ1) is 11.7. The highest BCUT2D eigenvalue weighted by molar-refractivity contribution is 6.17. The van der Waals surface area contributed by atoms with Gasteiger partial charge in [0, 0.05) is 0 Å². The van der Waals surface area contributed by atoms with Crippen LogP contribution in [0.3, 0.4) is 0 Å². The van der Waals surface area contributed by atoms with Gasteiger partial charge >= 0.3 is 0 Å². The second-order valence-corrected chi connectivity index (χ2v) is 4.67. The van der Waals surface area contributed by atoms with Crippen molar-refractivity contribution < 1.29 is 5.48 Å². The first-order valence-corrected chi connectivity index (χ1v) is 6.23. The third kappa shape index (κ3) is 1.67. The van der Waals surface area contributed by atoms with Crippen LogP contribution in [0, 0.1) is 0 Å². The molecule has 0 saturated carbocycles. The minimum Gasteiger partial charge on any atom is -0.412 e. The van der Waals surface area contributed by atoms with Gasteiger partial charge in [0.05, 0.1) is 0 Å². The molecule has 0 fully saturated rings. The summed E-state index contributed by atoms with van der Waals surface area (Å²) in [5.41, 5.74) is 0. The Kier molecular flexibility index (Phi) is 2.69. The van der Waals surface area contributed by atoms with Crippen LogP contribution in [0.5, 0.6) is 0 Å². The first-order chi connectivity index (χ1) is 8.93. The highest BCUT2D eigenvalue weighted by Gasteiger charge is 2.03. The zero-order valence-corrected chi connectivity index (χ0v) is 10.4. The van der Waals surface area contributed by atoms with E-state index in [0.29, 0.717) is 0 Å². The summed E-state index contributed by atoms with van der Waals surface area (Å²) in [6, 6.07) is 26.0. The predicted molar refractivity (Wildman–Crippen MR) is 82.6 cm³/mol. The van der Waals surface area contributed by atoms with Gasteiger partial charge in [-0.3, -0.25) is 0 Å². The fourth-order valence-electron chi connectivity index (χ4n) is 2.77. The van der Waals surface area contributed by atoms with Gasteiger partial charge in [0.15, 0.2) is 0 Å². The molecule has 4 rings (SSSR count). The average Bonchev–Trinajstić information content (AvgIpc) is 2.46. The summed E-state index contributed by atoms with van der Waals surface area (Å²) in [6.45, 7) is 0. The average molecular weight is 246 g/mol. The largest absolute Gasteiger partial charge is 0.412 e. The molecule has 1 nitrogen and oxygen atoms in total. The van der Waals surface area contributed by atoms with Crippen molar-refractivity contribution in [1.82, 2.24) is 0 Å². The quantitative estimate of drug-likeness (QED) is 0.414. The Hall–Kier alpha value is -2.38. The minimum absolute atomic E-state index is 0. The highest BCUT2D eigenvalue weighted by Crippen LogP contribution is 2.30. The van der Waals surface area contributed by atoms with Crippen molar-refractivity contribution in [3.05, 3.63) is 72.8 Å². The third-order valence-electron chi connectivity index (χ3n) is 3.65. The van der Waals surface area contributed by atoms with Crippen LogP contribution in [0.2, 0.25) is 0 Å². The second kappa shape index (κ2) is 4.38. The Bertz CT molecular complexity index is 803. The van der Waals surface area contributed by atoms with Crippen molar-refractivity contribution >= 4 is 32.3 Å². The van der Waals surface area contributed by atoms with Gasteiger partial charge < -0.3 is 5.48 Å². The molecule has 2 N–H and O–H groups in total. The molecule has 4 aromatic carbocycles. The van der Waals surface area contributed by atoms with E-state index in [4.69, 9.17) is 0 Å². The van der Waals surface area contributed by atoms with Crippen LogP contribution in [0.15, 0.2) is 72.8 Å². The van der Waals surface area contributed by atoms with E-state index in [0.717, 1.165) is 0 Å². The molecule has 4 aromatic rings. The Balaban J connectivity index is 0.00000110. The molecule has 0 unspecified atom stereocenters. The summed E-state index contributed by atoms with van der Waals surface area (Å²) in [4.78, 5) is 0. The standard InChI is InChI=1S/C18H12.H2O/c1-3-7-15-13(5-1)9-11-18-16-8-4-2-6-14(16)10-12-17(15)18;/h1-12H;1H2. The SMILES string of the molecule is O.c1ccc2c(c1)ccc1c3ccccc3ccc21. The van der Waals surface area contributed by atoms with E-state index in [2.05, 4.69) is 72.8 Å². The summed E-state index contributed by atoms with van der Waals surface area (Å²) >= 11 is 0. The number of rotatable bonds is 0.